The molecule has 0 radical (unpaired) electrons. The summed E-state index contributed by atoms with van der Waals surface area (Å²) in [6.45, 7) is 3.13. The Kier molecular flexibility index (Phi) is 7.96. The molecule has 0 unspecified atom stereocenters. The molecule has 0 saturated carbocycles. The molecule has 0 fully saturated rings. The van der Waals surface area contributed by atoms with Gasteiger partial charge in [-0.2, -0.15) is 0 Å². The zero-order chi connectivity index (χ0) is 16.9. The van der Waals surface area contributed by atoms with Crippen molar-refractivity contribution in [1.29, 1.82) is 0 Å². The maximum Gasteiger partial charge on any atom is 0.579 e. The van der Waals surface area contributed by atoms with E-state index in [1.807, 2.05) is 0 Å². The van der Waals surface area contributed by atoms with Crippen molar-refractivity contribution in [2.24, 2.45) is 21.6 Å². The Morgan fingerprint density at radius 2 is 0.810 bits per heavy atom. The van der Waals surface area contributed by atoms with Gasteiger partial charge in [0, 0.05) is 28.4 Å². The van der Waals surface area contributed by atoms with Crippen LogP contribution in [-0.4, -0.2) is 63.8 Å². The van der Waals surface area contributed by atoms with Crippen molar-refractivity contribution in [3.63, 3.8) is 0 Å². The van der Waals surface area contributed by atoms with Crippen LogP contribution in [0.2, 0.25) is 13.1 Å². The second-order valence-corrected chi connectivity index (χ2v) is 14.9. The summed E-state index contributed by atoms with van der Waals surface area (Å²) in [7, 11) is -8.14. The molecule has 0 aliphatic rings. The lowest BCUT2D eigenvalue weighted by Crippen LogP contribution is -2.74. The van der Waals surface area contributed by atoms with Crippen LogP contribution >= 0.6 is 0 Å². The Balaban J connectivity index is 5.13. The summed E-state index contributed by atoms with van der Waals surface area (Å²) in [5, 5.41) is 23.6. The van der Waals surface area contributed by atoms with Crippen LogP contribution in [0.4, 0.5) is 0 Å². The molecule has 0 rings (SSSR count). The molecule has 21 heavy (non-hydrogen) atoms. The van der Waals surface area contributed by atoms with Gasteiger partial charge in [0.25, 0.3) is 0 Å². The molecule has 0 aromatic carbocycles. The minimum Gasteiger partial charge on any atom is -0.387 e. The van der Waals surface area contributed by atoms with Crippen molar-refractivity contribution in [1.82, 2.24) is 0 Å². The fourth-order valence-corrected chi connectivity index (χ4v) is 10.2. The maximum atomic E-state index is 5.96. The molecule has 128 valence electrons. The molecule has 0 amide bonds. The summed E-state index contributed by atoms with van der Waals surface area (Å²) in [6, 6.07) is 0. The first-order valence-electron chi connectivity index (χ1n) is 5.83. The van der Waals surface area contributed by atoms with Gasteiger partial charge in [-0.15, -0.1) is 0 Å². The molecule has 0 aromatic rings. The third kappa shape index (κ3) is 7.49. The minimum atomic E-state index is -3.74. The highest BCUT2D eigenvalue weighted by Gasteiger charge is 2.56. The summed E-state index contributed by atoms with van der Waals surface area (Å²) in [5.41, 5.74) is 0. The number of rotatable bonds is 10. The molecule has 0 spiro atoms. The van der Waals surface area contributed by atoms with Gasteiger partial charge in [-0.1, -0.05) is 0 Å². The molecule has 8 N–H and O–H groups in total. The van der Waals surface area contributed by atoms with Crippen LogP contribution in [-0.2, 0) is 30.0 Å². The Bertz CT molecular complexity index is 310. The highest BCUT2D eigenvalue weighted by atomic mass is 28.5. The zero-order valence-electron chi connectivity index (χ0n) is 13.2. The van der Waals surface area contributed by atoms with E-state index in [4.69, 9.17) is 51.6 Å². The smallest absolute Gasteiger partial charge is 0.387 e. The highest BCUT2D eigenvalue weighted by molar-refractivity contribution is 6.82. The lowest BCUT2D eigenvalue weighted by Gasteiger charge is -2.36. The largest absolute Gasteiger partial charge is 0.579 e. The molecule has 0 aromatic heterocycles. The Morgan fingerprint density at radius 1 is 0.524 bits per heavy atom. The van der Waals surface area contributed by atoms with Gasteiger partial charge in [0.2, 0.25) is 0 Å². The van der Waals surface area contributed by atoms with Gasteiger partial charge in [-0.25, -0.2) is 0 Å². The van der Waals surface area contributed by atoms with Crippen molar-refractivity contribution < 1.29 is 30.0 Å². The van der Waals surface area contributed by atoms with Gasteiger partial charge in [-0.3, -0.25) is 10.8 Å². The van der Waals surface area contributed by atoms with Crippen molar-refractivity contribution >= 4 is 35.4 Å². The van der Waals surface area contributed by atoms with Crippen LogP contribution in [0.3, 0.4) is 0 Å². The van der Waals surface area contributed by atoms with E-state index in [2.05, 4.69) is 0 Å². The molecular weight excluding hydrogens is 352 g/mol. The molecule has 15 heteroatoms. The number of nitrogens with two attached hydrogens (primary N) is 4. The number of hydrogen-bond acceptors (Lipinski definition) is 11. The van der Waals surface area contributed by atoms with Gasteiger partial charge >= 0.3 is 35.4 Å². The summed E-state index contributed by atoms with van der Waals surface area (Å²) in [5.74, 6) is 0. The molecule has 0 aliphatic heterocycles. The van der Waals surface area contributed by atoms with Crippen LogP contribution < -0.4 is 21.6 Å². The Morgan fingerprint density at radius 3 is 1.00 bits per heavy atom. The first-order valence-corrected chi connectivity index (χ1v) is 14.2. The van der Waals surface area contributed by atoms with Gasteiger partial charge in [0.05, 0.1) is 0 Å². The van der Waals surface area contributed by atoms with Crippen molar-refractivity contribution in [2.75, 3.05) is 28.4 Å². The van der Waals surface area contributed by atoms with Gasteiger partial charge in [0.15, 0.2) is 0 Å². The Hall–Kier alpha value is 0.428. The molecule has 11 nitrogen and oxygen atoms in total. The van der Waals surface area contributed by atoms with Crippen molar-refractivity contribution in [3.8, 4) is 0 Å². The van der Waals surface area contributed by atoms with E-state index in [1.165, 1.54) is 28.4 Å². The van der Waals surface area contributed by atoms with E-state index in [0.717, 1.165) is 0 Å². The fourth-order valence-electron chi connectivity index (χ4n) is 1.05. The second kappa shape index (κ2) is 7.81. The van der Waals surface area contributed by atoms with Crippen LogP contribution in [0.1, 0.15) is 0 Å². The van der Waals surface area contributed by atoms with E-state index in [9.17, 15) is 0 Å². The van der Waals surface area contributed by atoms with Gasteiger partial charge in [0.1, 0.15) is 0 Å². The normalized spacial score (nSPS) is 23.7. The van der Waals surface area contributed by atoms with Crippen molar-refractivity contribution in [3.05, 3.63) is 0 Å². The predicted molar refractivity (Wildman–Crippen MR) is 82.8 cm³/mol. The first kappa shape index (κ1) is 21.4. The third-order valence-electron chi connectivity index (χ3n) is 2.35. The lowest BCUT2D eigenvalue weighted by molar-refractivity contribution is 0.105. The van der Waals surface area contributed by atoms with Gasteiger partial charge in [-0.05, 0) is 13.1 Å². The monoisotopic (exact) mass is 378 g/mol. The predicted octanol–water partition coefficient (Wildman–Crippen LogP) is -2.53. The Labute approximate surface area is 129 Å². The van der Waals surface area contributed by atoms with E-state index in [-0.39, 0.29) is 0 Å². The average Bonchev–Trinajstić information content (AvgIpc) is 2.37. The molecule has 0 saturated heterocycles. The summed E-state index contributed by atoms with van der Waals surface area (Å²) in [4.78, 5) is 0. The SMILES string of the molecule is CO[Si@](C)(N)O[Si@](N)(OC)O[Si@](N)(OC)O[Si@](C)(N)OC. The molecule has 0 bridgehead atoms. The molecule has 4 atom stereocenters. The van der Waals surface area contributed by atoms with E-state index >= 15 is 0 Å². The fraction of sp³-hybridized carbons (Fsp3) is 1.00. The zero-order valence-corrected chi connectivity index (χ0v) is 17.2. The third-order valence-corrected chi connectivity index (χ3v) is 12.9. The molecular formula is C6H26N4O7Si4. The van der Waals surface area contributed by atoms with Crippen molar-refractivity contribution in [2.45, 2.75) is 13.1 Å². The average molecular weight is 379 g/mol. The van der Waals surface area contributed by atoms with E-state index < -0.39 is 35.4 Å². The summed E-state index contributed by atoms with van der Waals surface area (Å²) < 4.78 is 36.7. The topological polar surface area (TPSA) is 169 Å². The van der Waals surface area contributed by atoms with Crippen LogP contribution in [0.15, 0.2) is 0 Å². The molecule has 0 heterocycles. The lowest BCUT2D eigenvalue weighted by atomic mass is 11.8. The standard InChI is InChI=1S/C6H26N4O7Si4/c1-11-18(5,7)15-20(9,13-3)17-21(10,14-4)16-19(6,8)12-2/h7-10H2,1-6H3/t18-,19+,20-,21+. The minimum absolute atomic E-state index is 1.30. The quantitative estimate of drug-likeness (QED) is 0.295. The van der Waals surface area contributed by atoms with E-state index in [0.29, 0.717) is 0 Å². The summed E-state index contributed by atoms with van der Waals surface area (Å²) in [6.07, 6.45) is 0. The van der Waals surface area contributed by atoms with E-state index in [1.54, 1.807) is 13.1 Å². The maximum absolute atomic E-state index is 5.96. The van der Waals surface area contributed by atoms with Crippen LogP contribution in [0.25, 0.3) is 0 Å². The highest BCUT2D eigenvalue weighted by Crippen LogP contribution is 2.16. The molecule has 0 aliphatic carbocycles. The van der Waals surface area contributed by atoms with Crippen LogP contribution in [0.5, 0.6) is 0 Å². The van der Waals surface area contributed by atoms with Gasteiger partial charge < -0.3 is 40.8 Å². The van der Waals surface area contributed by atoms with Crippen LogP contribution in [0, 0.1) is 0 Å². The summed E-state index contributed by atoms with van der Waals surface area (Å²) >= 11 is 0. The first-order chi connectivity index (χ1) is 9.36. The second-order valence-electron chi connectivity index (χ2n) is 4.36. The number of hydrogen-bond donors (Lipinski definition) is 4.